The van der Waals surface area contributed by atoms with Gasteiger partial charge in [0, 0.05) is 12.5 Å². The molecule has 0 aliphatic carbocycles. The van der Waals surface area contributed by atoms with Gasteiger partial charge in [0.05, 0.1) is 19.3 Å². The molecule has 0 bridgehead atoms. The molecule has 0 fully saturated rings. The van der Waals surface area contributed by atoms with Gasteiger partial charge in [-0.3, -0.25) is 4.79 Å². The molecule has 23 heavy (non-hydrogen) atoms. The van der Waals surface area contributed by atoms with E-state index in [0.717, 1.165) is 29.9 Å². The molecule has 130 valence electrons. The molecule has 1 rings (SSSR count). The maximum absolute atomic E-state index is 12.0. The highest BCUT2D eigenvalue weighted by molar-refractivity contribution is 5.78. The maximum atomic E-state index is 12.0. The van der Waals surface area contributed by atoms with E-state index in [1.807, 2.05) is 32.0 Å². The summed E-state index contributed by atoms with van der Waals surface area (Å²) in [7, 11) is 0. The van der Waals surface area contributed by atoms with Gasteiger partial charge in [-0.25, -0.2) is 0 Å². The van der Waals surface area contributed by atoms with E-state index >= 15 is 0 Å². The van der Waals surface area contributed by atoms with Crippen LogP contribution in [0, 0.1) is 5.92 Å². The number of carbonyl (C=O) groups is 1. The molecule has 1 amide bonds. The van der Waals surface area contributed by atoms with E-state index in [-0.39, 0.29) is 17.9 Å². The van der Waals surface area contributed by atoms with Crippen LogP contribution in [-0.4, -0.2) is 25.7 Å². The zero-order chi connectivity index (χ0) is 17.2. The summed E-state index contributed by atoms with van der Waals surface area (Å²) >= 11 is 0. The topological polar surface area (TPSA) is 73.6 Å². The van der Waals surface area contributed by atoms with E-state index in [1.54, 1.807) is 0 Å². The summed E-state index contributed by atoms with van der Waals surface area (Å²) in [5, 5.41) is 2.98. The van der Waals surface area contributed by atoms with Crippen molar-refractivity contribution in [3.63, 3.8) is 0 Å². The summed E-state index contributed by atoms with van der Waals surface area (Å²) in [6.45, 7) is 9.53. The minimum absolute atomic E-state index is 0.0395. The standard InChI is InChI=1S/C18H30N2O3/c1-5-9-22-16-8-7-15(11-17(16)23-10-6-2)14(4)20-18(21)13(3)12-19/h7-8,11,13-14H,5-6,9-10,12,19H2,1-4H3,(H,20,21). The highest BCUT2D eigenvalue weighted by Crippen LogP contribution is 2.31. The van der Waals surface area contributed by atoms with Crippen molar-refractivity contribution in [2.45, 2.75) is 46.6 Å². The molecule has 0 aliphatic heterocycles. The third-order valence-corrected chi connectivity index (χ3v) is 3.55. The number of hydrogen-bond donors (Lipinski definition) is 2. The molecule has 1 aromatic carbocycles. The molecule has 1 aromatic rings. The fourth-order valence-corrected chi connectivity index (χ4v) is 2.00. The van der Waals surface area contributed by atoms with Crippen molar-refractivity contribution in [3.8, 4) is 11.5 Å². The van der Waals surface area contributed by atoms with Crippen LogP contribution in [0.5, 0.6) is 11.5 Å². The molecule has 0 saturated carbocycles. The molecule has 0 saturated heterocycles. The van der Waals surface area contributed by atoms with Crippen molar-refractivity contribution in [2.24, 2.45) is 11.7 Å². The summed E-state index contributed by atoms with van der Waals surface area (Å²) in [4.78, 5) is 12.0. The summed E-state index contributed by atoms with van der Waals surface area (Å²) < 4.78 is 11.5. The van der Waals surface area contributed by atoms with E-state index in [9.17, 15) is 4.79 Å². The Bertz CT molecular complexity index is 491. The normalized spacial score (nSPS) is 13.3. The van der Waals surface area contributed by atoms with Gasteiger partial charge >= 0.3 is 0 Å². The monoisotopic (exact) mass is 322 g/mol. The second-order valence-corrected chi connectivity index (χ2v) is 5.77. The molecule has 2 unspecified atom stereocenters. The zero-order valence-corrected chi connectivity index (χ0v) is 14.7. The van der Waals surface area contributed by atoms with Crippen molar-refractivity contribution in [1.82, 2.24) is 5.32 Å². The Hall–Kier alpha value is -1.75. The minimum atomic E-state index is -0.194. The molecule has 0 aliphatic rings. The van der Waals surface area contributed by atoms with E-state index in [1.165, 1.54) is 0 Å². The minimum Gasteiger partial charge on any atom is -0.490 e. The molecule has 3 N–H and O–H groups in total. The van der Waals surface area contributed by atoms with E-state index in [4.69, 9.17) is 15.2 Å². The second-order valence-electron chi connectivity index (χ2n) is 5.77. The van der Waals surface area contributed by atoms with E-state index in [2.05, 4.69) is 19.2 Å². The van der Waals surface area contributed by atoms with Crippen LogP contribution < -0.4 is 20.5 Å². The number of nitrogens with one attached hydrogen (secondary N) is 1. The molecule has 0 radical (unpaired) electrons. The number of carbonyl (C=O) groups excluding carboxylic acids is 1. The van der Waals surface area contributed by atoms with Crippen molar-refractivity contribution in [2.75, 3.05) is 19.8 Å². The second kappa shape index (κ2) is 10.1. The molecule has 2 atom stereocenters. The zero-order valence-electron chi connectivity index (χ0n) is 14.7. The van der Waals surface area contributed by atoms with Gasteiger partial charge in [-0.1, -0.05) is 26.8 Å². The largest absolute Gasteiger partial charge is 0.490 e. The quantitative estimate of drug-likeness (QED) is 0.694. The third kappa shape index (κ3) is 6.10. The summed E-state index contributed by atoms with van der Waals surface area (Å²) in [6, 6.07) is 5.70. The van der Waals surface area contributed by atoms with E-state index < -0.39 is 0 Å². The fourth-order valence-electron chi connectivity index (χ4n) is 2.00. The Balaban J connectivity index is 2.87. The molecular weight excluding hydrogens is 292 g/mol. The number of nitrogens with two attached hydrogens (primary N) is 1. The third-order valence-electron chi connectivity index (χ3n) is 3.55. The van der Waals surface area contributed by atoms with Crippen LogP contribution in [0.2, 0.25) is 0 Å². The van der Waals surface area contributed by atoms with Gasteiger partial charge in [-0.15, -0.1) is 0 Å². The molecular formula is C18H30N2O3. The van der Waals surface area contributed by atoms with Crippen LogP contribution in [0.4, 0.5) is 0 Å². The van der Waals surface area contributed by atoms with Crippen molar-refractivity contribution < 1.29 is 14.3 Å². The van der Waals surface area contributed by atoms with Crippen molar-refractivity contribution >= 4 is 5.91 Å². The number of benzene rings is 1. The van der Waals surface area contributed by atoms with Crippen LogP contribution in [0.3, 0.4) is 0 Å². The molecule has 0 heterocycles. The van der Waals surface area contributed by atoms with Crippen LogP contribution in [0.15, 0.2) is 18.2 Å². The van der Waals surface area contributed by atoms with Crippen LogP contribution in [0.25, 0.3) is 0 Å². The Labute approximate surface area is 139 Å². The van der Waals surface area contributed by atoms with Gasteiger partial charge in [0.2, 0.25) is 5.91 Å². The first-order valence-corrected chi connectivity index (χ1v) is 8.43. The molecule has 5 nitrogen and oxygen atoms in total. The number of ether oxygens (including phenoxy) is 2. The van der Waals surface area contributed by atoms with Crippen molar-refractivity contribution in [1.29, 1.82) is 0 Å². The number of amides is 1. The summed E-state index contributed by atoms with van der Waals surface area (Å²) in [6.07, 6.45) is 1.87. The van der Waals surface area contributed by atoms with Crippen LogP contribution in [-0.2, 0) is 4.79 Å². The SMILES string of the molecule is CCCOc1ccc(C(C)NC(=O)C(C)CN)cc1OCCC. The van der Waals surface area contributed by atoms with Gasteiger partial charge in [-0.05, 0) is 37.5 Å². The molecule has 0 spiro atoms. The first-order valence-electron chi connectivity index (χ1n) is 8.43. The Kier molecular flexibility index (Phi) is 8.48. The highest BCUT2D eigenvalue weighted by atomic mass is 16.5. The smallest absolute Gasteiger partial charge is 0.224 e. The Morgan fingerprint density at radius 1 is 1.13 bits per heavy atom. The van der Waals surface area contributed by atoms with Gasteiger partial charge in [0.15, 0.2) is 11.5 Å². The first kappa shape index (κ1) is 19.3. The summed E-state index contributed by atoms with van der Waals surface area (Å²) in [5.74, 6) is 1.24. The summed E-state index contributed by atoms with van der Waals surface area (Å²) in [5.41, 5.74) is 6.52. The van der Waals surface area contributed by atoms with Gasteiger partial charge in [0.25, 0.3) is 0 Å². The van der Waals surface area contributed by atoms with Gasteiger partial charge in [-0.2, -0.15) is 0 Å². The average molecular weight is 322 g/mol. The van der Waals surface area contributed by atoms with Gasteiger partial charge in [0.1, 0.15) is 0 Å². The Morgan fingerprint density at radius 3 is 2.30 bits per heavy atom. The lowest BCUT2D eigenvalue weighted by Gasteiger charge is -2.19. The average Bonchev–Trinajstić information content (AvgIpc) is 2.57. The highest BCUT2D eigenvalue weighted by Gasteiger charge is 2.16. The van der Waals surface area contributed by atoms with Crippen LogP contribution >= 0.6 is 0 Å². The lowest BCUT2D eigenvalue weighted by molar-refractivity contribution is -0.124. The number of rotatable bonds is 10. The van der Waals surface area contributed by atoms with Crippen LogP contribution in [0.1, 0.15) is 52.1 Å². The van der Waals surface area contributed by atoms with Gasteiger partial charge < -0.3 is 20.5 Å². The van der Waals surface area contributed by atoms with Crippen molar-refractivity contribution in [3.05, 3.63) is 23.8 Å². The lowest BCUT2D eigenvalue weighted by atomic mass is 10.1. The lowest BCUT2D eigenvalue weighted by Crippen LogP contribution is -2.34. The maximum Gasteiger partial charge on any atom is 0.224 e. The predicted molar refractivity (Wildman–Crippen MR) is 92.8 cm³/mol. The number of hydrogen-bond acceptors (Lipinski definition) is 4. The first-order chi connectivity index (χ1) is 11.0. The Morgan fingerprint density at radius 2 is 1.74 bits per heavy atom. The van der Waals surface area contributed by atoms with E-state index in [0.29, 0.717) is 19.8 Å². The molecule has 5 heteroatoms. The predicted octanol–water partition coefficient (Wildman–Crippen LogP) is 3.04. The fraction of sp³-hybridized carbons (Fsp3) is 0.611. The molecule has 0 aromatic heterocycles.